The number of nitrogens with zero attached hydrogens (tertiary/aromatic N) is 2. The van der Waals surface area contributed by atoms with Crippen LogP contribution in [0.5, 0.6) is 5.75 Å². The summed E-state index contributed by atoms with van der Waals surface area (Å²) in [4.78, 5) is 15.6. The number of methoxy groups -OCH3 is 1. The molecule has 0 radical (unpaired) electrons. The van der Waals surface area contributed by atoms with Crippen molar-refractivity contribution >= 4 is 11.6 Å². The molecule has 4 rings (SSSR count). The van der Waals surface area contributed by atoms with Crippen molar-refractivity contribution in [2.75, 3.05) is 51.8 Å². The fourth-order valence-corrected chi connectivity index (χ4v) is 3.74. The molecule has 1 amide bonds. The summed E-state index contributed by atoms with van der Waals surface area (Å²) in [5, 5.41) is 13.3. The lowest BCUT2D eigenvalue weighted by Gasteiger charge is -2.27. The van der Waals surface area contributed by atoms with E-state index in [2.05, 4.69) is 25.7 Å². The highest BCUT2D eigenvalue weighted by molar-refractivity contribution is 5.95. The van der Waals surface area contributed by atoms with Gasteiger partial charge in [-0.15, -0.1) is 0 Å². The molecule has 0 bridgehead atoms. The molecule has 32 heavy (non-hydrogen) atoms. The van der Waals surface area contributed by atoms with E-state index in [1.54, 1.807) is 13.3 Å². The first-order valence-electron chi connectivity index (χ1n) is 10.8. The van der Waals surface area contributed by atoms with Crippen LogP contribution in [0.3, 0.4) is 0 Å². The fourth-order valence-electron chi connectivity index (χ4n) is 3.74. The Morgan fingerprint density at radius 3 is 2.72 bits per heavy atom. The maximum atomic E-state index is 13.2. The number of hydrogen-bond acceptors (Lipinski definition) is 6. The molecule has 1 unspecified atom stereocenters. The Bertz CT molecular complexity index is 985. The highest BCUT2D eigenvalue weighted by atomic mass is 16.5. The van der Waals surface area contributed by atoms with Gasteiger partial charge in [0.25, 0.3) is 0 Å². The third-order valence-corrected chi connectivity index (χ3v) is 5.55. The van der Waals surface area contributed by atoms with Gasteiger partial charge < -0.3 is 20.1 Å². The zero-order valence-electron chi connectivity index (χ0n) is 18.2. The van der Waals surface area contributed by atoms with E-state index in [1.165, 1.54) is 0 Å². The third kappa shape index (κ3) is 5.73. The highest BCUT2D eigenvalue weighted by Gasteiger charge is 2.21. The quantitative estimate of drug-likeness (QED) is 0.479. The lowest BCUT2D eigenvalue weighted by atomic mass is 10.0. The summed E-state index contributed by atoms with van der Waals surface area (Å²) >= 11 is 0. The lowest BCUT2D eigenvalue weighted by Crippen LogP contribution is -2.42. The summed E-state index contributed by atoms with van der Waals surface area (Å²) in [7, 11) is 1.63. The van der Waals surface area contributed by atoms with Crippen LogP contribution < -0.4 is 15.4 Å². The Labute approximate surface area is 187 Å². The number of morpholine rings is 1. The number of aromatic nitrogens is 2. The van der Waals surface area contributed by atoms with Crippen LogP contribution in [0, 0.1) is 0 Å². The molecule has 1 saturated heterocycles. The SMILES string of the molecule is COc1cccc(C(NCCN2CCOCC2)C(=O)Nc2ccc(-c3cn[nH]c3)cc2)c1. The average Bonchev–Trinajstić information content (AvgIpc) is 3.38. The third-order valence-electron chi connectivity index (χ3n) is 5.55. The van der Waals surface area contributed by atoms with Crippen molar-refractivity contribution in [3.05, 3.63) is 66.5 Å². The van der Waals surface area contributed by atoms with Crippen LogP contribution in [-0.2, 0) is 9.53 Å². The van der Waals surface area contributed by atoms with Gasteiger partial charge in [-0.3, -0.25) is 14.8 Å². The summed E-state index contributed by atoms with van der Waals surface area (Å²) < 4.78 is 10.8. The number of rotatable bonds is 9. The van der Waals surface area contributed by atoms with Crippen molar-refractivity contribution in [2.45, 2.75) is 6.04 Å². The molecule has 1 fully saturated rings. The molecule has 8 heteroatoms. The second-order valence-corrected chi connectivity index (χ2v) is 7.67. The Morgan fingerprint density at radius 1 is 1.19 bits per heavy atom. The number of nitrogens with one attached hydrogen (secondary N) is 3. The Balaban J connectivity index is 1.44. The second-order valence-electron chi connectivity index (χ2n) is 7.67. The topological polar surface area (TPSA) is 91.5 Å². The van der Waals surface area contributed by atoms with Gasteiger partial charge in [0.05, 0.1) is 26.5 Å². The molecule has 2 aromatic carbocycles. The van der Waals surface area contributed by atoms with Crippen LogP contribution in [0.1, 0.15) is 11.6 Å². The number of carbonyl (C=O) groups is 1. The highest BCUT2D eigenvalue weighted by Crippen LogP contribution is 2.23. The van der Waals surface area contributed by atoms with Crippen LogP contribution in [0.4, 0.5) is 5.69 Å². The molecule has 1 aliphatic rings. The molecule has 1 aliphatic heterocycles. The molecule has 2 heterocycles. The molecule has 3 aromatic rings. The minimum Gasteiger partial charge on any atom is -0.497 e. The number of benzene rings is 2. The Hall–Kier alpha value is -3.20. The number of carbonyl (C=O) groups excluding carboxylic acids is 1. The van der Waals surface area contributed by atoms with E-state index in [1.807, 2.05) is 54.7 Å². The predicted molar refractivity (Wildman–Crippen MR) is 124 cm³/mol. The fraction of sp³-hybridized carbons (Fsp3) is 0.333. The monoisotopic (exact) mass is 435 g/mol. The number of anilines is 1. The number of aromatic amines is 1. The van der Waals surface area contributed by atoms with E-state index in [0.29, 0.717) is 6.54 Å². The molecule has 0 aliphatic carbocycles. The van der Waals surface area contributed by atoms with Gasteiger partial charge in [-0.2, -0.15) is 5.10 Å². The molecule has 1 aromatic heterocycles. The molecule has 168 valence electrons. The molecule has 0 spiro atoms. The van der Waals surface area contributed by atoms with Crippen molar-refractivity contribution < 1.29 is 14.3 Å². The van der Waals surface area contributed by atoms with E-state index >= 15 is 0 Å². The van der Waals surface area contributed by atoms with Gasteiger partial charge in [0.2, 0.25) is 5.91 Å². The van der Waals surface area contributed by atoms with E-state index in [0.717, 1.165) is 61.0 Å². The number of H-pyrrole nitrogens is 1. The predicted octanol–water partition coefficient (Wildman–Crippen LogP) is 2.69. The van der Waals surface area contributed by atoms with Crippen molar-refractivity contribution in [1.82, 2.24) is 20.4 Å². The molecule has 0 saturated carbocycles. The molecule has 3 N–H and O–H groups in total. The smallest absolute Gasteiger partial charge is 0.246 e. The van der Waals surface area contributed by atoms with Gasteiger partial charge in [0.15, 0.2) is 0 Å². The summed E-state index contributed by atoms with van der Waals surface area (Å²) in [5.41, 5.74) is 3.63. The Morgan fingerprint density at radius 2 is 2.00 bits per heavy atom. The van der Waals surface area contributed by atoms with Crippen molar-refractivity contribution in [3.8, 4) is 16.9 Å². The molecule has 1 atom stereocenters. The van der Waals surface area contributed by atoms with Crippen LogP contribution in [0.25, 0.3) is 11.1 Å². The van der Waals surface area contributed by atoms with Crippen molar-refractivity contribution in [1.29, 1.82) is 0 Å². The summed E-state index contributed by atoms with van der Waals surface area (Å²) in [5.74, 6) is 0.607. The summed E-state index contributed by atoms with van der Waals surface area (Å²) in [6, 6.07) is 14.8. The van der Waals surface area contributed by atoms with Gasteiger partial charge in [-0.25, -0.2) is 0 Å². The van der Waals surface area contributed by atoms with Gasteiger partial charge in [-0.1, -0.05) is 24.3 Å². The molecular formula is C24H29N5O3. The number of hydrogen-bond donors (Lipinski definition) is 3. The van der Waals surface area contributed by atoms with Crippen LogP contribution in [0.15, 0.2) is 60.9 Å². The number of ether oxygens (including phenoxy) is 2. The first-order valence-corrected chi connectivity index (χ1v) is 10.8. The van der Waals surface area contributed by atoms with Crippen molar-refractivity contribution in [2.24, 2.45) is 0 Å². The van der Waals surface area contributed by atoms with Crippen LogP contribution >= 0.6 is 0 Å². The minimum atomic E-state index is -0.500. The summed E-state index contributed by atoms with van der Waals surface area (Å²) in [6.07, 6.45) is 3.61. The van der Waals surface area contributed by atoms with Crippen molar-refractivity contribution in [3.63, 3.8) is 0 Å². The first-order chi connectivity index (χ1) is 15.7. The standard InChI is InChI=1S/C24H29N5O3/c1-31-22-4-2-3-19(15-22)23(25-9-10-29-11-13-32-14-12-29)24(30)28-21-7-5-18(6-8-21)20-16-26-27-17-20/h2-8,15-17,23,25H,9-14H2,1H3,(H,26,27)(H,28,30). The van der Waals surface area contributed by atoms with E-state index in [4.69, 9.17) is 9.47 Å². The van der Waals surface area contributed by atoms with Gasteiger partial charge >= 0.3 is 0 Å². The summed E-state index contributed by atoms with van der Waals surface area (Å²) in [6.45, 7) is 4.90. The zero-order valence-corrected chi connectivity index (χ0v) is 18.2. The second kappa shape index (κ2) is 10.9. The van der Waals surface area contributed by atoms with Gasteiger partial charge in [0, 0.05) is 43.6 Å². The zero-order chi connectivity index (χ0) is 22.2. The van der Waals surface area contributed by atoms with E-state index in [9.17, 15) is 4.79 Å². The number of amides is 1. The maximum Gasteiger partial charge on any atom is 0.246 e. The molecular weight excluding hydrogens is 406 g/mol. The Kier molecular flexibility index (Phi) is 7.50. The van der Waals surface area contributed by atoms with Gasteiger partial charge in [0.1, 0.15) is 11.8 Å². The van der Waals surface area contributed by atoms with E-state index < -0.39 is 6.04 Å². The maximum absolute atomic E-state index is 13.2. The van der Waals surface area contributed by atoms with Crippen LogP contribution in [0.2, 0.25) is 0 Å². The largest absolute Gasteiger partial charge is 0.497 e. The normalized spacial score (nSPS) is 15.3. The first kappa shape index (κ1) is 22.0. The minimum absolute atomic E-state index is 0.115. The van der Waals surface area contributed by atoms with Crippen LogP contribution in [-0.4, -0.2) is 67.5 Å². The lowest BCUT2D eigenvalue weighted by molar-refractivity contribution is -0.118. The van der Waals surface area contributed by atoms with E-state index in [-0.39, 0.29) is 5.91 Å². The molecule has 8 nitrogen and oxygen atoms in total. The van der Waals surface area contributed by atoms with Gasteiger partial charge in [-0.05, 0) is 35.4 Å². The average molecular weight is 436 g/mol.